The molecule has 0 bridgehead atoms. The molecular formula is C20H24FNO2S. The topological polar surface area (TPSA) is 46.2 Å². The van der Waals surface area contributed by atoms with E-state index in [1.54, 1.807) is 0 Å². The lowest BCUT2D eigenvalue weighted by molar-refractivity contribution is 0.548. The molecule has 3 rings (SSSR count). The van der Waals surface area contributed by atoms with Crippen molar-refractivity contribution in [3.8, 4) is 0 Å². The largest absolute Gasteiger partial charge is 0.216 e. The quantitative estimate of drug-likeness (QED) is 0.835. The van der Waals surface area contributed by atoms with Crippen LogP contribution in [0.5, 0.6) is 0 Å². The van der Waals surface area contributed by atoms with Crippen molar-refractivity contribution in [3.05, 3.63) is 70.5 Å². The lowest BCUT2D eigenvalue weighted by atomic mass is 9.89. The van der Waals surface area contributed by atoms with Crippen LogP contribution in [-0.2, 0) is 28.6 Å². The van der Waals surface area contributed by atoms with E-state index < -0.39 is 10.0 Å². The number of nitrogens with one attached hydrogen (secondary N) is 1. The van der Waals surface area contributed by atoms with Crippen LogP contribution in [-0.4, -0.2) is 8.42 Å². The third-order valence-corrected chi connectivity index (χ3v) is 6.13. The monoisotopic (exact) mass is 361 g/mol. The molecule has 1 atom stereocenters. The third kappa shape index (κ3) is 4.67. The van der Waals surface area contributed by atoms with Gasteiger partial charge in [0.25, 0.3) is 0 Å². The molecule has 1 aliphatic rings. The van der Waals surface area contributed by atoms with Crippen molar-refractivity contribution < 1.29 is 12.8 Å². The minimum atomic E-state index is -3.50. The first-order chi connectivity index (χ1) is 12.0. The highest BCUT2D eigenvalue weighted by atomic mass is 32.2. The molecule has 2 aromatic rings. The van der Waals surface area contributed by atoms with Crippen molar-refractivity contribution in [1.82, 2.24) is 4.72 Å². The van der Waals surface area contributed by atoms with Crippen LogP contribution in [0.2, 0.25) is 0 Å². The highest BCUT2D eigenvalue weighted by Gasteiger charge is 2.20. The van der Waals surface area contributed by atoms with Crippen molar-refractivity contribution in [2.24, 2.45) is 0 Å². The second-order valence-electron chi connectivity index (χ2n) is 6.70. The van der Waals surface area contributed by atoms with Crippen LogP contribution in [0.25, 0.3) is 0 Å². The summed E-state index contributed by atoms with van der Waals surface area (Å²) < 4.78 is 40.8. The summed E-state index contributed by atoms with van der Waals surface area (Å²) in [6.45, 7) is 1.98. The fraction of sp³-hybridized carbons (Fsp3) is 0.400. The zero-order chi connectivity index (χ0) is 17.9. The van der Waals surface area contributed by atoms with E-state index in [0.29, 0.717) is 12.0 Å². The van der Waals surface area contributed by atoms with Crippen molar-refractivity contribution >= 4 is 10.0 Å². The first kappa shape index (κ1) is 18.1. The molecule has 0 spiro atoms. The zero-order valence-corrected chi connectivity index (χ0v) is 15.3. The fourth-order valence-electron chi connectivity index (χ4n) is 3.42. The number of fused-ring (bicyclic) bond motifs is 1. The Morgan fingerprint density at radius 1 is 1.04 bits per heavy atom. The number of hydrogen-bond donors (Lipinski definition) is 1. The van der Waals surface area contributed by atoms with Gasteiger partial charge in [0.05, 0.1) is 5.75 Å². The Labute approximate surface area is 149 Å². The summed E-state index contributed by atoms with van der Waals surface area (Å²) in [5.41, 5.74) is 4.33. The predicted molar refractivity (Wildman–Crippen MR) is 98.3 cm³/mol. The van der Waals surface area contributed by atoms with E-state index >= 15 is 0 Å². The Kier molecular flexibility index (Phi) is 5.54. The molecule has 0 aromatic heterocycles. The number of rotatable bonds is 6. The molecule has 0 aliphatic heterocycles. The summed E-state index contributed by atoms with van der Waals surface area (Å²) >= 11 is 0. The van der Waals surface area contributed by atoms with Gasteiger partial charge in [-0.05, 0) is 66.5 Å². The molecular weight excluding hydrogens is 337 g/mol. The Balaban J connectivity index is 1.75. The van der Waals surface area contributed by atoms with Gasteiger partial charge >= 0.3 is 0 Å². The summed E-state index contributed by atoms with van der Waals surface area (Å²) in [7, 11) is -3.50. The lowest BCUT2D eigenvalue weighted by Gasteiger charge is -2.21. The minimum Gasteiger partial charge on any atom is -0.212 e. The Morgan fingerprint density at radius 3 is 2.40 bits per heavy atom. The fourth-order valence-corrected chi connectivity index (χ4v) is 4.87. The molecule has 0 fully saturated rings. The van der Waals surface area contributed by atoms with E-state index in [0.717, 1.165) is 18.4 Å². The van der Waals surface area contributed by atoms with Gasteiger partial charge in [0.2, 0.25) is 10.0 Å². The molecule has 2 aromatic carbocycles. The molecule has 25 heavy (non-hydrogen) atoms. The molecule has 134 valence electrons. The summed E-state index contributed by atoms with van der Waals surface area (Å²) in [6, 6.07) is 11.7. The van der Waals surface area contributed by atoms with Crippen molar-refractivity contribution in [2.45, 2.75) is 50.8 Å². The zero-order valence-electron chi connectivity index (χ0n) is 14.5. The molecule has 0 saturated carbocycles. The van der Waals surface area contributed by atoms with Gasteiger partial charge in [0.1, 0.15) is 5.82 Å². The van der Waals surface area contributed by atoms with Gasteiger partial charge in [-0.25, -0.2) is 17.5 Å². The number of benzene rings is 2. The van der Waals surface area contributed by atoms with Crippen molar-refractivity contribution in [3.63, 3.8) is 0 Å². The van der Waals surface area contributed by atoms with Crippen LogP contribution in [0.15, 0.2) is 42.5 Å². The molecule has 0 saturated heterocycles. The van der Waals surface area contributed by atoms with Gasteiger partial charge < -0.3 is 0 Å². The summed E-state index contributed by atoms with van der Waals surface area (Å²) in [6.07, 6.45) is 5.30. The summed E-state index contributed by atoms with van der Waals surface area (Å²) in [4.78, 5) is 0. The SMILES string of the molecule is CCC(NS(=O)(=O)Cc1ccc(F)cc1)c1ccc2c(c1)CCCC2. The van der Waals surface area contributed by atoms with E-state index in [1.165, 1.54) is 48.2 Å². The third-order valence-electron chi connectivity index (χ3n) is 4.77. The number of sulfonamides is 1. The second-order valence-corrected chi connectivity index (χ2v) is 8.45. The molecule has 1 unspecified atom stereocenters. The molecule has 0 amide bonds. The van der Waals surface area contributed by atoms with E-state index in [1.807, 2.05) is 13.0 Å². The van der Waals surface area contributed by atoms with Crippen LogP contribution in [0.1, 0.15) is 54.5 Å². The van der Waals surface area contributed by atoms with E-state index in [9.17, 15) is 12.8 Å². The lowest BCUT2D eigenvalue weighted by Crippen LogP contribution is -2.29. The maximum absolute atomic E-state index is 13.0. The highest BCUT2D eigenvalue weighted by Crippen LogP contribution is 2.26. The molecule has 5 heteroatoms. The summed E-state index contributed by atoms with van der Waals surface area (Å²) in [5, 5.41) is 0. The predicted octanol–water partition coefficient (Wildman–Crippen LogP) is 4.28. The van der Waals surface area contributed by atoms with Gasteiger partial charge in [0.15, 0.2) is 0 Å². The van der Waals surface area contributed by atoms with Crippen LogP contribution in [0.4, 0.5) is 4.39 Å². The summed E-state index contributed by atoms with van der Waals surface area (Å²) in [5.74, 6) is -0.510. The maximum atomic E-state index is 13.0. The molecule has 0 heterocycles. The average molecular weight is 361 g/mol. The molecule has 0 radical (unpaired) electrons. The first-order valence-corrected chi connectivity index (χ1v) is 10.5. The van der Waals surface area contributed by atoms with Crippen molar-refractivity contribution in [2.75, 3.05) is 0 Å². The van der Waals surface area contributed by atoms with Crippen LogP contribution >= 0.6 is 0 Å². The van der Waals surface area contributed by atoms with Gasteiger partial charge in [-0.1, -0.05) is 37.3 Å². The normalized spacial score (nSPS) is 15.6. The second kappa shape index (κ2) is 7.67. The Hall–Kier alpha value is -1.72. The number of halogens is 1. The van der Waals surface area contributed by atoms with Crippen LogP contribution in [0.3, 0.4) is 0 Å². The van der Waals surface area contributed by atoms with Crippen LogP contribution in [0, 0.1) is 5.82 Å². The molecule has 3 nitrogen and oxygen atoms in total. The smallest absolute Gasteiger partial charge is 0.212 e. The van der Waals surface area contributed by atoms with Gasteiger partial charge in [-0.15, -0.1) is 0 Å². The van der Waals surface area contributed by atoms with Crippen LogP contribution < -0.4 is 4.72 Å². The standard InChI is InChI=1S/C20H24FNO2S/c1-2-20(18-10-9-16-5-3-4-6-17(16)13-18)22-25(23,24)14-15-7-11-19(21)12-8-15/h7-13,20,22H,2-6,14H2,1H3. The highest BCUT2D eigenvalue weighted by molar-refractivity contribution is 7.88. The minimum absolute atomic E-state index is 0.144. The van der Waals surface area contributed by atoms with Gasteiger partial charge in [0, 0.05) is 6.04 Å². The average Bonchev–Trinajstić information content (AvgIpc) is 2.61. The Morgan fingerprint density at radius 2 is 1.72 bits per heavy atom. The van der Waals surface area contributed by atoms with E-state index in [-0.39, 0.29) is 17.6 Å². The number of aryl methyl sites for hydroxylation is 2. The van der Waals surface area contributed by atoms with E-state index in [2.05, 4.69) is 16.9 Å². The van der Waals surface area contributed by atoms with Gasteiger partial charge in [-0.2, -0.15) is 0 Å². The van der Waals surface area contributed by atoms with Crippen molar-refractivity contribution in [1.29, 1.82) is 0 Å². The van der Waals surface area contributed by atoms with E-state index in [4.69, 9.17) is 0 Å². The first-order valence-electron chi connectivity index (χ1n) is 8.83. The van der Waals surface area contributed by atoms with Gasteiger partial charge in [-0.3, -0.25) is 0 Å². The molecule has 1 aliphatic carbocycles. The Bertz CT molecular complexity index is 831. The maximum Gasteiger partial charge on any atom is 0.216 e. The molecule has 1 N–H and O–H groups in total. The number of hydrogen-bond acceptors (Lipinski definition) is 2.